The van der Waals surface area contributed by atoms with Crippen LogP contribution in [0, 0.1) is 5.92 Å². The van der Waals surface area contributed by atoms with Gasteiger partial charge in [0.1, 0.15) is 4.83 Å². The van der Waals surface area contributed by atoms with Crippen molar-refractivity contribution in [3.05, 3.63) is 41.3 Å². The van der Waals surface area contributed by atoms with Gasteiger partial charge in [0, 0.05) is 29.8 Å². The van der Waals surface area contributed by atoms with Crippen LogP contribution in [0.5, 0.6) is 0 Å². The van der Waals surface area contributed by atoms with Gasteiger partial charge < -0.3 is 10.6 Å². The first kappa shape index (κ1) is 15.1. The smallest absolute Gasteiger partial charge is 0.264 e. The predicted molar refractivity (Wildman–Crippen MR) is 94.9 cm³/mol. The standard InChI is InChI=1S/C18H17N3O2S/c19-16(22)11-5-7-21(8-6-11)18(23)15-10-13-9-12-3-1-2-4-14(12)20-17(13)24-15/h1-4,9-11H,5-8H2,(H2,19,22). The quantitative estimate of drug-likeness (QED) is 0.780. The number of para-hydroxylation sites is 1. The number of piperidine rings is 1. The normalized spacial score (nSPS) is 15.9. The average molecular weight is 339 g/mol. The highest BCUT2D eigenvalue weighted by Crippen LogP contribution is 2.29. The van der Waals surface area contributed by atoms with Gasteiger partial charge in [0.15, 0.2) is 0 Å². The van der Waals surface area contributed by atoms with Gasteiger partial charge in [-0.2, -0.15) is 0 Å². The van der Waals surface area contributed by atoms with E-state index in [0.717, 1.165) is 21.1 Å². The molecule has 0 unspecified atom stereocenters. The number of amides is 2. The van der Waals surface area contributed by atoms with Gasteiger partial charge in [-0.15, -0.1) is 11.3 Å². The van der Waals surface area contributed by atoms with Crippen molar-refractivity contribution < 1.29 is 9.59 Å². The number of hydrogen-bond donors (Lipinski definition) is 1. The molecule has 24 heavy (non-hydrogen) atoms. The van der Waals surface area contributed by atoms with E-state index < -0.39 is 0 Å². The molecule has 0 radical (unpaired) electrons. The van der Waals surface area contributed by atoms with Crippen molar-refractivity contribution in [2.75, 3.05) is 13.1 Å². The second-order valence-corrected chi connectivity index (χ2v) is 7.19. The zero-order valence-corrected chi connectivity index (χ0v) is 13.9. The van der Waals surface area contributed by atoms with Crippen molar-refractivity contribution in [3.63, 3.8) is 0 Å². The average Bonchev–Trinajstić information content (AvgIpc) is 3.01. The van der Waals surface area contributed by atoms with Crippen molar-refractivity contribution in [3.8, 4) is 0 Å². The summed E-state index contributed by atoms with van der Waals surface area (Å²) in [5, 5.41) is 2.07. The van der Waals surface area contributed by atoms with Gasteiger partial charge in [0.2, 0.25) is 5.91 Å². The van der Waals surface area contributed by atoms with E-state index in [-0.39, 0.29) is 17.7 Å². The van der Waals surface area contributed by atoms with Gasteiger partial charge in [-0.3, -0.25) is 9.59 Å². The van der Waals surface area contributed by atoms with Crippen LogP contribution in [-0.2, 0) is 4.79 Å². The lowest BCUT2D eigenvalue weighted by Crippen LogP contribution is -2.41. The highest BCUT2D eigenvalue weighted by molar-refractivity contribution is 7.20. The first-order chi connectivity index (χ1) is 11.6. The maximum Gasteiger partial charge on any atom is 0.264 e. The highest BCUT2D eigenvalue weighted by atomic mass is 32.1. The van der Waals surface area contributed by atoms with Gasteiger partial charge in [-0.25, -0.2) is 4.98 Å². The molecule has 1 saturated heterocycles. The number of nitrogens with two attached hydrogens (primary N) is 1. The molecule has 4 rings (SSSR count). The van der Waals surface area contributed by atoms with E-state index in [1.807, 2.05) is 35.2 Å². The molecule has 1 aromatic carbocycles. The van der Waals surface area contributed by atoms with Crippen molar-refractivity contribution in [2.45, 2.75) is 12.8 Å². The Morgan fingerprint density at radius 3 is 2.62 bits per heavy atom. The Balaban J connectivity index is 1.61. The van der Waals surface area contributed by atoms with Gasteiger partial charge in [-0.1, -0.05) is 18.2 Å². The van der Waals surface area contributed by atoms with Crippen LogP contribution >= 0.6 is 11.3 Å². The van der Waals surface area contributed by atoms with Gasteiger partial charge in [0.25, 0.3) is 5.91 Å². The maximum absolute atomic E-state index is 12.7. The number of likely N-dealkylation sites (tertiary alicyclic amines) is 1. The van der Waals surface area contributed by atoms with Crippen LogP contribution in [0.2, 0.25) is 0 Å². The number of thiophene rings is 1. The molecule has 1 fully saturated rings. The molecule has 1 aliphatic heterocycles. The Morgan fingerprint density at radius 1 is 1.12 bits per heavy atom. The molecule has 5 nitrogen and oxygen atoms in total. The van der Waals surface area contributed by atoms with E-state index in [1.165, 1.54) is 11.3 Å². The van der Waals surface area contributed by atoms with Gasteiger partial charge >= 0.3 is 0 Å². The molecule has 6 heteroatoms. The summed E-state index contributed by atoms with van der Waals surface area (Å²) in [7, 11) is 0. The predicted octanol–water partition coefficient (Wildman–Crippen LogP) is 2.79. The lowest BCUT2D eigenvalue weighted by atomic mass is 9.96. The molecule has 2 amide bonds. The van der Waals surface area contributed by atoms with Crippen molar-refractivity contribution in [1.29, 1.82) is 0 Å². The van der Waals surface area contributed by atoms with E-state index in [2.05, 4.69) is 11.1 Å². The summed E-state index contributed by atoms with van der Waals surface area (Å²) >= 11 is 1.43. The Labute approximate surface area is 143 Å². The Bertz CT molecular complexity index is 889. The molecule has 3 aromatic rings. The summed E-state index contributed by atoms with van der Waals surface area (Å²) < 4.78 is 0. The van der Waals surface area contributed by atoms with E-state index in [9.17, 15) is 9.59 Å². The van der Waals surface area contributed by atoms with E-state index in [0.29, 0.717) is 30.8 Å². The number of fused-ring (bicyclic) bond motifs is 2. The van der Waals surface area contributed by atoms with Crippen molar-refractivity contribution in [1.82, 2.24) is 9.88 Å². The van der Waals surface area contributed by atoms with Crippen molar-refractivity contribution in [2.24, 2.45) is 11.7 Å². The molecule has 3 heterocycles. The third-order valence-corrected chi connectivity index (χ3v) is 5.64. The molecular formula is C18H17N3O2S. The number of hydrogen-bond acceptors (Lipinski definition) is 4. The van der Waals surface area contributed by atoms with Crippen LogP contribution in [0.25, 0.3) is 21.1 Å². The molecule has 0 atom stereocenters. The van der Waals surface area contributed by atoms with E-state index in [1.54, 1.807) is 0 Å². The van der Waals surface area contributed by atoms with Crippen LogP contribution in [-0.4, -0.2) is 34.8 Å². The molecular weight excluding hydrogens is 322 g/mol. The van der Waals surface area contributed by atoms with E-state index in [4.69, 9.17) is 5.73 Å². The number of benzene rings is 1. The fourth-order valence-corrected chi connectivity index (χ4v) is 4.19. The fourth-order valence-electron chi connectivity index (χ4n) is 3.20. The summed E-state index contributed by atoms with van der Waals surface area (Å²) in [6.07, 6.45) is 1.29. The molecule has 2 aromatic heterocycles. The minimum atomic E-state index is -0.264. The summed E-state index contributed by atoms with van der Waals surface area (Å²) in [5.74, 6) is -0.353. The summed E-state index contributed by atoms with van der Waals surface area (Å²) in [6, 6.07) is 11.9. The van der Waals surface area contributed by atoms with Crippen LogP contribution in [0.3, 0.4) is 0 Å². The van der Waals surface area contributed by atoms with Gasteiger partial charge in [-0.05, 0) is 31.0 Å². The van der Waals surface area contributed by atoms with Gasteiger partial charge in [0.05, 0.1) is 10.4 Å². The number of nitrogens with zero attached hydrogens (tertiary/aromatic N) is 2. The third kappa shape index (κ3) is 2.63. The fraction of sp³-hybridized carbons (Fsp3) is 0.278. The number of pyridine rings is 1. The molecule has 1 aliphatic rings. The third-order valence-electron chi connectivity index (χ3n) is 4.61. The number of rotatable bonds is 2. The molecule has 0 bridgehead atoms. The highest BCUT2D eigenvalue weighted by Gasteiger charge is 2.27. The van der Waals surface area contributed by atoms with E-state index >= 15 is 0 Å². The number of primary amides is 1. The summed E-state index contributed by atoms with van der Waals surface area (Å²) in [6.45, 7) is 1.16. The zero-order chi connectivity index (χ0) is 16.7. The van der Waals surface area contributed by atoms with Crippen LogP contribution in [0.4, 0.5) is 0 Å². The monoisotopic (exact) mass is 339 g/mol. The Morgan fingerprint density at radius 2 is 1.88 bits per heavy atom. The Kier molecular flexibility index (Phi) is 3.69. The summed E-state index contributed by atoms with van der Waals surface area (Å²) in [4.78, 5) is 32.0. The molecule has 0 saturated carbocycles. The second kappa shape index (κ2) is 5.87. The SMILES string of the molecule is NC(=O)C1CCN(C(=O)c2cc3cc4ccccc4nc3s2)CC1. The number of aromatic nitrogens is 1. The Hall–Kier alpha value is -2.47. The lowest BCUT2D eigenvalue weighted by molar-refractivity contribution is -0.123. The minimum absolute atomic E-state index is 0.0185. The van der Waals surface area contributed by atoms with Crippen LogP contribution < -0.4 is 5.73 Å². The zero-order valence-electron chi connectivity index (χ0n) is 13.1. The maximum atomic E-state index is 12.7. The molecule has 2 N–H and O–H groups in total. The first-order valence-electron chi connectivity index (χ1n) is 8.00. The number of carbonyl (C=O) groups excluding carboxylic acids is 2. The molecule has 0 aliphatic carbocycles. The lowest BCUT2D eigenvalue weighted by Gasteiger charge is -2.30. The topological polar surface area (TPSA) is 76.3 Å². The largest absolute Gasteiger partial charge is 0.369 e. The second-order valence-electron chi connectivity index (χ2n) is 6.15. The minimum Gasteiger partial charge on any atom is -0.369 e. The molecule has 122 valence electrons. The van der Waals surface area contributed by atoms with Crippen LogP contribution in [0.15, 0.2) is 36.4 Å². The van der Waals surface area contributed by atoms with Crippen molar-refractivity contribution >= 4 is 44.3 Å². The molecule has 0 spiro atoms. The van der Waals surface area contributed by atoms with Crippen LogP contribution in [0.1, 0.15) is 22.5 Å². The summed E-state index contributed by atoms with van der Waals surface area (Å²) in [5.41, 5.74) is 6.29. The number of carbonyl (C=O) groups is 2. The first-order valence-corrected chi connectivity index (χ1v) is 8.81.